The number of aromatic nitrogens is 2. The van der Waals surface area contributed by atoms with Crippen LogP contribution in [0.3, 0.4) is 0 Å². The molecular formula is C17H15N5O4S. The Kier molecular flexibility index (Phi) is 4.99. The van der Waals surface area contributed by atoms with Gasteiger partial charge in [-0.1, -0.05) is 0 Å². The molecule has 0 aliphatic rings. The molecule has 9 nitrogen and oxygen atoms in total. The summed E-state index contributed by atoms with van der Waals surface area (Å²) in [6.45, 7) is 1.65. The summed E-state index contributed by atoms with van der Waals surface area (Å²) in [6, 6.07) is 9.97. The van der Waals surface area contributed by atoms with Crippen molar-refractivity contribution in [3.63, 3.8) is 0 Å². The van der Waals surface area contributed by atoms with Crippen molar-refractivity contribution in [3.8, 4) is 17.1 Å². The van der Waals surface area contributed by atoms with E-state index in [0.717, 1.165) is 17.1 Å². The van der Waals surface area contributed by atoms with E-state index in [1.165, 1.54) is 12.1 Å². The van der Waals surface area contributed by atoms with Crippen molar-refractivity contribution in [2.45, 2.75) is 6.92 Å². The summed E-state index contributed by atoms with van der Waals surface area (Å²) in [7, 11) is 1.57. The molecule has 0 saturated carbocycles. The number of nitro groups is 1. The molecular weight excluding hydrogens is 370 g/mol. The van der Waals surface area contributed by atoms with Crippen LogP contribution in [0.5, 0.6) is 5.75 Å². The number of carbonyl (C=O) groups is 1. The number of anilines is 2. The minimum Gasteiger partial charge on any atom is -0.497 e. The Morgan fingerprint density at radius 2 is 2.00 bits per heavy atom. The quantitative estimate of drug-likeness (QED) is 0.391. The summed E-state index contributed by atoms with van der Waals surface area (Å²) in [6.07, 6.45) is 0. The molecule has 0 aliphatic carbocycles. The average Bonchev–Trinajstić information content (AvgIpc) is 3.11. The Labute approximate surface area is 158 Å². The third-order valence-corrected chi connectivity index (χ3v) is 4.37. The lowest BCUT2D eigenvalue weighted by Gasteiger charge is -2.07. The lowest BCUT2D eigenvalue weighted by Crippen LogP contribution is -2.15. The van der Waals surface area contributed by atoms with Crippen molar-refractivity contribution in [2.75, 3.05) is 18.2 Å². The number of nitro benzene ring substituents is 1. The number of hydrogen-bond donors (Lipinski definition) is 2. The number of carbonyl (C=O) groups excluding carboxylic acids is 1. The number of hydrogen-bond acceptors (Lipinski definition) is 8. The normalized spacial score (nSPS) is 10.4. The molecule has 0 bridgehead atoms. The highest BCUT2D eigenvalue weighted by atomic mass is 32.1. The lowest BCUT2D eigenvalue weighted by molar-refractivity contribution is -0.384. The van der Waals surface area contributed by atoms with Crippen LogP contribution in [0.4, 0.5) is 16.5 Å². The number of benzene rings is 2. The Balaban J connectivity index is 1.83. The fourth-order valence-electron chi connectivity index (χ4n) is 2.41. The predicted molar refractivity (Wildman–Crippen MR) is 102 cm³/mol. The van der Waals surface area contributed by atoms with Gasteiger partial charge in [-0.2, -0.15) is 9.36 Å². The third kappa shape index (κ3) is 3.85. The van der Waals surface area contributed by atoms with Gasteiger partial charge in [-0.25, -0.2) is 0 Å². The molecule has 3 aromatic rings. The molecule has 3 N–H and O–H groups in total. The topological polar surface area (TPSA) is 133 Å². The van der Waals surface area contributed by atoms with Crippen LogP contribution in [-0.2, 0) is 0 Å². The van der Waals surface area contributed by atoms with Gasteiger partial charge in [0.05, 0.1) is 17.6 Å². The fourth-order valence-corrected chi connectivity index (χ4v) is 3.00. The van der Waals surface area contributed by atoms with Gasteiger partial charge in [-0.3, -0.25) is 20.2 Å². The van der Waals surface area contributed by atoms with Crippen LogP contribution in [-0.4, -0.2) is 27.3 Å². The maximum atomic E-state index is 12.5. The first-order chi connectivity index (χ1) is 12.9. The molecule has 27 heavy (non-hydrogen) atoms. The molecule has 0 aliphatic heterocycles. The van der Waals surface area contributed by atoms with Crippen LogP contribution in [0.1, 0.15) is 15.9 Å². The van der Waals surface area contributed by atoms with Gasteiger partial charge >= 0.3 is 0 Å². The summed E-state index contributed by atoms with van der Waals surface area (Å²) in [5.41, 5.74) is 6.62. The van der Waals surface area contributed by atoms with E-state index in [1.807, 2.05) is 0 Å². The van der Waals surface area contributed by atoms with E-state index < -0.39 is 10.8 Å². The number of nitrogens with two attached hydrogens (primary N) is 1. The van der Waals surface area contributed by atoms with Crippen molar-refractivity contribution < 1.29 is 14.5 Å². The molecule has 0 spiro atoms. The molecule has 0 radical (unpaired) electrons. The maximum Gasteiger partial charge on any atom is 0.293 e. The molecule has 0 saturated heterocycles. The van der Waals surface area contributed by atoms with E-state index in [2.05, 4.69) is 14.7 Å². The van der Waals surface area contributed by atoms with Crippen molar-refractivity contribution in [1.82, 2.24) is 9.36 Å². The van der Waals surface area contributed by atoms with Gasteiger partial charge in [-0.15, -0.1) is 0 Å². The molecule has 0 fully saturated rings. The number of amides is 1. The Bertz CT molecular complexity index is 1020. The number of rotatable bonds is 5. The summed E-state index contributed by atoms with van der Waals surface area (Å²) in [5, 5.41) is 13.9. The van der Waals surface area contributed by atoms with Crippen LogP contribution in [0, 0.1) is 17.0 Å². The van der Waals surface area contributed by atoms with E-state index >= 15 is 0 Å². The highest BCUT2D eigenvalue weighted by Crippen LogP contribution is 2.28. The largest absolute Gasteiger partial charge is 0.497 e. The third-order valence-electron chi connectivity index (χ3n) is 3.74. The van der Waals surface area contributed by atoms with Crippen molar-refractivity contribution >= 4 is 33.9 Å². The van der Waals surface area contributed by atoms with Crippen molar-refractivity contribution in [2.24, 2.45) is 0 Å². The second kappa shape index (κ2) is 7.38. The van der Waals surface area contributed by atoms with Gasteiger partial charge in [0.15, 0.2) is 5.82 Å². The molecule has 138 valence electrons. The number of ether oxygens (including phenoxy) is 1. The van der Waals surface area contributed by atoms with Gasteiger partial charge in [0.1, 0.15) is 11.4 Å². The van der Waals surface area contributed by atoms with Crippen LogP contribution < -0.4 is 15.8 Å². The molecule has 3 rings (SSSR count). The average molecular weight is 385 g/mol. The van der Waals surface area contributed by atoms with E-state index in [1.54, 1.807) is 38.3 Å². The maximum absolute atomic E-state index is 12.5. The van der Waals surface area contributed by atoms with E-state index in [4.69, 9.17) is 10.5 Å². The zero-order valence-electron chi connectivity index (χ0n) is 14.4. The van der Waals surface area contributed by atoms with Crippen LogP contribution in [0.2, 0.25) is 0 Å². The zero-order valence-corrected chi connectivity index (χ0v) is 15.2. The predicted octanol–water partition coefficient (Wildman–Crippen LogP) is 3.26. The molecule has 0 atom stereocenters. The summed E-state index contributed by atoms with van der Waals surface area (Å²) in [5.74, 6) is 0.567. The van der Waals surface area contributed by atoms with Gasteiger partial charge in [0.25, 0.3) is 11.6 Å². The molecule has 10 heteroatoms. The minimum absolute atomic E-state index is 0.0166. The van der Waals surface area contributed by atoms with Crippen LogP contribution >= 0.6 is 11.5 Å². The Morgan fingerprint density at radius 1 is 1.30 bits per heavy atom. The van der Waals surface area contributed by atoms with Crippen LogP contribution in [0.25, 0.3) is 11.4 Å². The minimum atomic E-state index is -0.619. The van der Waals surface area contributed by atoms with Crippen LogP contribution in [0.15, 0.2) is 36.4 Å². The standard InChI is InChI=1S/C17H15N5O4S/c1-9-7-12(14(18)13(8-9)22(24)25)16(23)20-17-19-15(21-27-17)10-3-5-11(26-2)6-4-10/h3-8H,18H2,1-2H3,(H,19,20,21,23). The first-order valence-corrected chi connectivity index (χ1v) is 8.50. The monoisotopic (exact) mass is 385 g/mol. The first kappa shape index (κ1) is 18.3. The molecule has 0 unspecified atom stereocenters. The second-order valence-electron chi connectivity index (χ2n) is 5.61. The number of nitrogen functional groups attached to an aromatic ring is 1. The molecule has 1 amide bonds. The highest BCUT2D eigenvalue weighted by molar-refractivity contribution is 7.10. The fraction of sp³-hybridized carbons (Fsp3) is 0.118. The summed E-state index contributed by atoms with van der Waals surface area (Å²) < 4.78 is 9.31. The Morgan fingerprint density at radius 3 is 2.63 bits per heavy atom. The number of nitrogens with one attached hydrogen (secondary N) is 1. The van der Waals surface area contributed by atoms with Crippen molar-refractivity contribution in [1.29, 1.82) is 0 Å². The Hall–Kier alpha value is -3.53. The zero-order chi connectivity index (χ0) is 19.6. The molecule has 1 heterocycles. The summed E-state index contributed by atoms with van der Waals surface area (Å²) in [4.78, 5) is 27.2. The van der Waals surface area contributed by atoms with Gasteiger partial charge < -0.3 is 10.5 Å². The number of nitrogens with zero attached hydrogens (tertiary/aromatic N) is 3. The van der Waals surface area contributed by atoms with Gasteiger partial charge in [0, 0.05) is 23.2 Å². The van der Waals surface area contributed by atoms with E-state index in [9.17, 15) is 14.9 Å². The highest BCUT2D eigenvalue weighted by Gasteiger charge is 2.21. The molecule has 2 aromatic carbocycles. The smallest absolute Gasteiger partial charge is 0.293 e. The van der Waals surface area contributed by atoms with E-state index in [-0.39, 0.29) is 22.1 Å². The molecule has 1 aromatic heterocycles. The lowest BCUT2D eigenvalue weighted by atomic mass is 10.1. The van der Waals surface area contributed by atoms with Gasteiger partial charge in [-0.05, 0) is 42.8 Å². The number of aryl methyl sites for hydroxylation is 1. The first-order valence-electron chi connectivity index (χ1n) is 7.73. The SMILES string of the molecule is COc1ccc(-c2nsc(NC(=O)c3cc(C)cc([N+](=O)[O-])c3N)n2)cc1. The number of methoxy groups -OCH3 is 1. The summed E-state index contributed by atoms with van der Waals surface area (Å²) >= 11 is 0.999. The second-order valence-corrected chi connectivity index (χ2v) is 6.36. The van der Waals surface area contributed by atoms with E-state index in [0.29, 0.717) is 17.1 Å². The van der Waals surface area contributed by atoms with Gasteiger partial charge in [0.2, 0.25) is 5.13 Å². The van der Waals surface area contributed by atoms with Crippen molar-refractivity contribution in [3.05, 3.63) is 57.6 Å².